The second-order valence-electron chi connectivity index (χ2n) is 2.52. The summed E-state index contributed by atoms with van der Waals surface area (Å²) in [6, 6.07) is 2.63. The molecule has 0 aliphatic carbocycles. The van der Waals surface area contributed by atoms with E-state index in [0.29, 0.717) is 16.6 Å². The molecule has 0 amide bonds. The van der Waals surface area contributed by atoms with Crippen LogP contribution in [0.2, 0.25) is 0 Å². The second kappa shape index (κ2) is 2.57. The number of nitrogens with zero attached hydrogens (tertiary/aromatic N) is 1. The summed E-state index contributed by atoms with van der Waals surface area (Å²) in [5.74, 6) is -0.365. The number of hydrogen-bond donors (Lipinski definition) is 2. The lowest BCUT2D eigenvalue weighted by Crippen LogP contribution is -1.87. The van der Waals surface area contributed by atoms with Crippen molar-refractivity contribution in [1.82, 2.24) is 9.97 Å². The summed E-state index contributed by atoms with van der Waals surface area (Å²) < 4.78 is 12.8. The highest BCUT2D eigenvalue weighted by atomic mass is 19.1. The van der Waals surface area contributed by atoms with Crippen molar-refractivity contribution in [3.63, 3.8) is 0 Å². The summed E-state index contributed by atoms with van der Waals surface area (Å²) in [6.07, 6.45) is 1.48. The largest absolute Gasteiger partial charge is 0.392 e. The number of rotatable bonds is 1. The summed E-state index contributed by atoms with van der Waals surface area (Å²) >= 11 is 0. The Hall–Kier alpha value is -1.42. The first kappa shape index (κ1) is 7.24. The first-order valence-electron chi connectivity index (χ1n) is 3.53. The van der Waals surface area contributed by atoms with E-state index in [2.05, 4.69) is 9.97 Å². The van der Waals surface area contributed by atoms with Crippen molar-refractivity contribution in [2.75, 3.05) is 0 Å². The maximum absolute atomic E-state index is 12.8. The number of aliphatic hydroxyl groups excluding tert-OH is 1. The van der Waals surface area contributed by atoms with Gasteiger partial charge in [-0.2, -0.15) is 0 Å². The summed E-state index contributed by atoms with van der Waals surface area (Å²) in [5.41, 5.74) is 1.74. The number of halogens is 1. The van der Waals surface area contributed by atoms with Crippen LogP contribution in [0.5, 0.6) is 0 Å². The van der Waals surface area contributed by atoms with Gasteiger partial charge in [0, 0.05) is 5.56 Å². The minimum Gasteiger partial charge on any atom is -0.392 e. The molecule has 1 heterocycles. The van der Waals surface area contributed by atoms with Gasteiger partial charge in [-0.3, -0.25) is 0 Å². The molecular weight excluding hydrogens is 159 g/mol. The van der Waals surface area contributed by atoms with Gasteiger partial charge in [-0.1, -0.05) is 0 Å². The average Bonchev–Trinajstić information content (AvgIpc) is 2.50. The van der Waals surface area contributed by atoms with Crippen molar-refractivity contribution < 1.29 is 9.50 Å². The Bertz CT molecular complexity index is 410. The van der Waals surface area contributed by atoms with E-state index >= 15 is 0 Å². The van der Waals surface area contributed by atoms with Gasteiger partial charge >= 0.3 is 0 Å². The SMILES string of the molecule is OCc1cc(F)cc2[nH]cnc12. The number of aliphatic hydroxyl groups is 1. The van der Waals surface area contributed by atoms with E-state index in [1.54, 1.807) is 0 Å². The molecule has 4 heteroatoms. The van der Waals surface area contributed by atoms with E-state index in [1.807, 2.05) is 0 Å². The highest BCUT2D eigenvalue weighted by molar-refractivity contribution is 5.78. The van der Waals surface area contributed by atoms with Crippen LogP contribution in [0.1, 0.15) is 5.56 Å². The lowest BCUT2D eigenvalue weighted by atomic mass is 10.2. The Morgan fingerprint density at radius 2 is 2.33 bits per heavy atom. The van der Waals surface area contributed by atoms with Crippen molar-refractivity contribution in [3.05, 3.63) is 29.8 Å². The highest BCUT2D eigenvalue weighted by Crippen LogP contribution is 2.16. The topological polar surface area (TPSA) is 48.9 Å². The van der Waals surface area contributed by atoms with Crippen LogP contribution in [0.15, 0.2) is 18.5 Å². The number of aromatic nitrogens is 2. The zero-order valence-electron chi connectivity index (χ0n) is 6.21. The van der Waals surface area contributed by atoms with Crippen LogP contribution in [0, 0.1) is 5.82 Å². The van der Waals surface area contributed by atoms with Crippen LogP contribution >= 0.6 is 0 Å². The van der Waals surface area contributed by atoms with Crippen molar-refractivity contribution in [3.8, 4) is 0 Å². The summed E-state index contributed by atoms with van der Waals surface area (Å²) in [6.45, 7) is -0.195. The predicted molar refractivity (Wildman–Crippen MR) is 42.0 cm³/mol. The van der Waals surface area contributed by atoms with Gasteiger partial charge in [0.25, 0.3) is 0 Å². The average molecular weight is 166 g/mol. The fourth-order valence-electron chi connectivity index (χ4n) is 1.21. The molecule has 0 aliphatic rings. The third kappa shape index (κ3) is 0.967. The smallest absolute Gasteiger partial charge is 0.125 e. The zero-order valence-corrected chi connectivity index (χ0v) is 6.21. The molecule has 0 saturated heterocycles. The molecule has 0 bridgehead atoms. The minimum atomic E-state index is -0.365. The summed E-state index contributed by atoms with van der Waals surface area (Å²) in [5, 5.41) is 8.86. The molecule has 0 unspecified atom stereocenters. The van der Waals surface area contributed by atoms with Crippen LogP contribution < -0.4 is 0 Å². The van der Waals surface area contributed by atoms with E-state index in [-0.39, 0.29) is 12.4 Å². The Balaban J connectivity index is 2.80. The molecule has 12 heavy (non-hydrogen) atoms. The van der Waals surface area contributed by atoms with Crippen LogP contribution in [0.25, 0.3) is 11.0 Å². The Morgan fingerprint density at radius 3 is 3.08 bits per heavy atom. The molecule has 0 aliphatic heterocycles. The Morgan fingerprint density at radius 1 is 1.50 bits per heavy atom. The fraction of sp³-hybridized carbons (Fsp3) is 0.125. The third-order valence-electron chi connectivity index (χ3n) is 1.74. The molecule has 1 aromatic heterocycles. The minimum absolute atomic E-state index is 0.195. The predicted octanol–water partition coefficient (Wildman–Crippen LogP) is 1.19. The molecule has 62 valence electrons. The summed E-state index contributed by atoms with van der Waals surface area (Å²) in [4.78, 5) is 6.72. The lowest BCUT2D eigenvalue weighted by Gasteiger charge is -1.97. The van der Waals surface area contributed by atoms with Crippen LogP contribution in [0.4, 0.5) is 4.39 Å². The molecule has 0 spiro atoms. The molecule has 1 aromatic carbocycles. The number of aromatic amines is 1. The van der Waals surface area contributed by atoms with Gasteiger partial charge in [0.15, 0.2) is 0 Å². The maximum atomic E-state index is 12.8. The van der Waals surface area contributed by atoms with E-state index in [0.717, 1.165) is 0 Å². The van der Waals surface area contributed by atoms with Gasteiger partial charge in [0.2, 0.25) is 0 Å². The monoisotopic (exact) mass is 166 g/mol. The van der Waals surface area contributed by atoms with Gasteiger partial charge in [0.1, 0.15) is 5.82 Å². The van der Waals surface area contributed by atoms with Crippen molar-refractivity contribution >= 4 is 11.0 Å². The van der Waals surface area contributed by atoms with E-state index in [9.17, 15) is 4.39 Å². The van der Waals surface area contributed by atoms with Crippen molar-refractivity contribution in [1.29, 1.82) is 0 Å². The Labute approximate surface area is 67.9 Å². The number of hydrogen-bond acceptors (Lipinski definition) is 2. The van der Waals surface area contributed by atoms with Crippen molar-refractivity contribution in [2.24, 2.45) is 0 Å². The van der Waals surface area contributed by atoms with Crippen LogP contribution in [0.3, 0.4) is 0 Å². The molecule has 2 aromatic rings. The fourth-order valence-corrected chi connectivity index (χ4v) is 1.21. The van der Waals surface area contributed by atoms with E-state index < -0.39 is 0 Å². The van der Waals surface area contributed by atoms with Gasteiger partial charge in [-0.25, -0.2) is 9.37 Å². The van der Waals surface area contributed by atoms with Gasteiger partial charge < -0.3 is 10.1 Å². The quantitative estimate of drug-likeness (QED) is 0.668. The second-order valence-corrected chi connectivity index (χ2v) is 2.52. The molecule has 0 fully saturated rings. The van der Waals surface area contributed by atoms with E-state index in [1.165, 1.54) is 18.5 Å². The zero-order chi connectivity index (χ0) is 8.55. The first-order chi connectivity index (χ1) is 5.81. The molecule has 0 atom stereocenters. The Kier molecular flexibility index (Phi) is 1.55. The molecular formula is C8H7FN2O. The van der Waals surface area contributed by atoms with Crippen LogP contribution in [-0.2, 0) is 6.61 Å². The standard InChI is InChI=1S/C8H7FN2O/c9-6-1-5(3-12)8-7(2-6)10-4-11-8/h1-2,4,12H,3H2,(H,10,11). The van der Waals surface area contributed by atoms with Gasteiger partial charge in [-0.05, 0) is 12.1 Å². The normalized spacial score (nSPS) is 10.8. The highest BCUT2D eigenvalue weighted by Gasteiger charge is 2.04. The lowest BCUT2D eigenvalue weighted by molar-refractivity contribution is 0.282. The molecule has 3 nitrogen and oxygen atoms in total. The number of nitrogens with one attached hydrogen (secondary N) is 1. The van der Waals surface area contributed by atoms with Gasteiger partial charge in [-0.15, -0.1) is 0 Å². The van der Waals surface area contributed by atoms with Crippen LogP contribution in [-0.4, -0.2) is 15.1 Å². The van der Waals surface area contributed by atoms with E-state index in [4.69, 9.17) is 5.11 Å². The number of fused-ring (bicyclic) bond motifs is 1. The number of H-pyrrole nitrogens is 1. The molecule has 2 N–H and O–H groups in total. The third-order valence-corrected chi connectivity index (χ3v) is 1.74. The number of benzene rings is 1. The first-order valence-corrected chi connectivity index (χ1v) is 3.53. The van der Waals surface area contributed by atoms with Gasteiger partial charge in [0.05, 0.1) is 24.0 Å². The number of imidazole rings is 1. The summed E-state index contributed by atoms with van der Waals surface area (Å²) in [7, 11) is 0. The van der Waals surface area contributed by atoms with Crippen molar-refractivity contribution in [2.45, 2.75) is 6.61 Å². The maximum Gasteiger partial charge on any atom is 0.125 e. The molecule has 2 rings (SSSR count). The molecule has 0 radical (unpaired) electrons. The molecule has 0 saturated carbocycles.